The van der Waals surface area contributed by atoms with Crippen LogP contribution in [-0.4, -0.2) is 258 Å². The topological polar surface area (TPSA) is 232 Å². The molecule has 4 N–H and O–H groups in total. The lowest BCUT2D eigenvalue weighted by Crippen LogP contribution is -2.40. The van der Waals surface area contributed by atoms with Crippen molar-refractivity contribution < 1.29 is 55.0 Å². The van der Waals surface area contributed by atoms with Gasteiger partial charge in [0.05, 0.1) is 108 Å². The van der Waals surface area contributed by atoms with Crippen molar-refractivity contribution in [1.29, 1.82) is 0 Å². The molecule has 0 atom stereocenters. The molecular weight excluding hydrogens is 1880 g/mol. The molecule has 8 aromatic carbocycles. The molecule has 2 saturated heterocycles. The van der Waals surface area contributed by atoms with Crippen LogP contribution < -0.4 is 21.3 Å². The van der Waals surface area contributed by atoms with E-state index in [-0.39, 0.29) is 47.9 Å². The summed E-state index contributed by atoms with van der Waals surface area (Å²) in [4.78, 5) is 89.1. The summed E-state index contributed by atoms with van der Waals surface area (Å²) in [7, 11) is 0. The molecule has 0 spiro atoms. The van der Waals surface area contributed by atoms with Crippen molar-refractivity contribution in [3.63, 3.8) is 0 Å². The number of nitrogens with zero attached hydrogens (tertiary/aromatic N) is 16. The Morgan fingerprint density at radius 1 is 0.331 bits per heavy atom. The van der Waals surface area contributed by atoms with Crippen molar-refractivity contribution in [3.8, 4) is 0 Å². The first-order chi connectivity index (χ1) is 71.7. The lowest BCUT2D eigenvalue weighted by atomic mass is 10.1. The SMILES string of the molecule is CCCN(Cc1nc2cc(CNCCN3CCOCC3)ccc2n1CCC)C(=O)c1cc(F)ccc1F.CCCN(Cc1nc2cc(CNCCN3CCOCC3)ccc2n1CCC)C(=O)c1cccc(F)c1.CCCn1c(CN(CC(C)C)C(=O)c2cc(F)ccc2F)nc2cc(CNCCCN(CC)CC)ccc21.CCCn1c(CN(CC(C)C)C(=O)c2cccc(F)c2)nc2cc(CNCCCN(CC)CC)ccc21. The zero-order chi connectivity index (χ0) is 106. The number of amides is 4. The Balaban J connectivity index is 0.000000187. The highest BCUT2D eigenvalue weighted by Gasteiger charge is 2.29. The molecular formula is C116H162F6N20O6. The Morgan fingerprint density at radius 2 is 0.628 bits per heavy atom. The van der Waals surface area contributed by atoms with Gasteiger partial charge in [-0.3, -0.25) is 29.0 Å². The van der Waals surface area contributed by atoms with Gasteiger partial charge < -0.3 is 78.4 Å². The first-order valence-electron chi connectivity index (χ1n) is 54.1. The maximum atomic E-state index is 14.5. The smallest absolute Gasteiger partial charge is 0.257 e. The molecule has 2 aliphatic heterocycles. The van der Waals surface area contributed by atoms with Gasteiger partial charge >= 0.3 is 0 Å². The third-order valence-corrected chi connectivity index (χ3v) is 26.6. The molecule has 14 rings (SSSR count). The molecule has 2 fully saturated rings. The van der Waals surface area contributed by atoms with Crippen LogP contribution in [0.3, 0.4) is 0 Å². The fraction of sp³-hybridized carbons (Fsp3) is 0.517. The van der Waals surface area contributed by atoms with Crippen LogP contribution in [0.5, 0.6) is 0 Å². The average Bonchev–Trinajstić information content (AvgIpc) is 1.65. The highest BCUT2D eigenvalue weighted by atomic mass is 19.1. The van der Waals surface area contributed by atoms with E-state index in [9.17, 15) is 45.5 Å². The van der Waals surface area contributed by atoms with Gasteiger partial charge in [-0.1, -0.05) is 133 Å². The van der Waals surface area contributed by atoms with Crippen molar-refractivity contribution in [3.05, 3.63) is 260 Å². The van der Waals surface area contributed by atoms with E-state index < -0.39 is 46.7 Å². The summed E-state index contributed by atoms with van der Waals surface area (Å²) in [6.45, 7) is 58.5. The Labute approximate surface area is 873 Å². The summed E-state index contributed by atoms with van der Waals surface area (Å²) in [6.07, 6.45) is 7.49. The molecule has 4 amide bonds. The first-order valence-corrected chi connectivity index (χ1v) is 54.1. The largest absolute Gasteiger partial charge is 0.379 e. The number of aryl methyl sites for hydroxylation is 4. The first kappa shape index (κ1) is 117. The Kier molecular flexibility index (Phi) is 48.3. The lowest BCUT2D eigenvalue weighted by molar-refractivity contribution is 0.0383. The number of hydrogen-bond donors (Lipinski definition) is 4. The van der Waals surface area contributed by atoms with Gasteiger partial charge in [-0.25, -0.2) is 46.3 Å². The van der Waals surface area contributed by atoms with E-state index in [0.29, 0.717) is 56.8 Å². The molecule has 804 valence electrons. The maximum absolute atomic E-state index is 14.5. The molecule has 148 heavy (non-hydrogen) atoms. The maximum Gasteiger partial charge on any atom is 0.257 e. The normalized spacial score (nSPS) is 13.0. The molecule has 2 aliphatic rings. The monoisotopic (exact) mass is 2050 g/mol. The standard InChI is InChI=1S/C30H43F2N5O.C30H44FN5O.C28H37F2N5O2.C28H38FN5O2/c1-6-15-37-28-13-10-23(19-33-14-9-16-35(7-2)8-3)17-27(28)34-29(37)21-36(20-22(4)5)30(38)25-18-24(31)11-12-26(25)32;1-6-16-36-28-14-13-24(20-32-15-10-17-34(7-2)8-3)18-27(28)33-29(36)22-35(21-23(4)5)30(37)25-11-9-12-26(31)19-25;1-3-10-34(28(36)23-18-22(29)6-7-24(23)30)20-27-32-25-17-21(5-8-26(25)35(27)11-4-2)19-31-9-12-33-13-15-37-16-14-33;1-3-11-33(28(35)23-6-5-7-24(29)19-23)21-27-31-25-18-22(8-9-26(25)34(27)12-4-2)20-30-10-13-32-14-16-36-17-15-32/h10-13,17-18,22,33H,6-9,14-16,19-21H2,1-5H3;9,11-14,18-19,23,32H,6-8,10,15-17,20-22H2,1-5H3;5-8,17-18,31H,3-4,9-16,19-20H2,1-2H3;5-9,18-19,30H,3-4,10-17,20-21H2,1-2H3. The van der Waals surface area contributed by atoms with E-state index in [0.717, 1.165) is 343 Å². The van der Waals surface area contributed by atoms with Crippen LogP contribution in [0.25, 0.3) is 44.1 Å². The van der Waals surface area contributed by atoms with Crippen LogP contribution in [0.1, 0.15) is 235 Å². The van der Waals surface area contributed by atoms with Crippen molar-refractivity contribution in [2.75, 3.05) is 157 Å². The summed E-state index contributed by atoms with van der Waals surface area (Å²) < 4.78 is 104. The number of imidazole rings is 4. The van der Waals surface area contributed by atoms with E-state index in [2.05, 4.69) is 201 Å². The predicted octanol–water partition coefficient (Wildman–Crippen LogP) is 19.8. The van der Waals surface area contributed by atoms with Gasteiger partial charge in [0.2, 0.25) is 0 Å². The van der Waals surface area contributed by atoms with Gasteiger partial charge in [-0.15, -0.1) is 0 Å². The number of fused-ring (bicyclic) bond motifs is 4. The second-order valence-corrected chi connectivity index (χ2v) is 39.3. The molecule has 4 aromatic heterocycles. The number of carbonyl (C=O) groups excluding carboxylic acids is 4. The van der Waals surface area contributed by atoms with Crippen LogP contribution in [-0.2, 0) is 88.0 Å². The third-order valence-electron chi connectivity index (χ3n) is 26.6. The van der Waals surface area contributed by atoms with Gasteiger partial charge in [0, 0.05) is 142 Å². The minimum atomic E-state index is -0.722. The number of nitrogens with one attached hydrogen (secondary N) is 4. The van der Waals surface area contributed by atoms with Gasteiger partial charge in [0.25, 0.3) is 23.6 Å². The second kappa shape index (κ2) is 61.1. The summed E-state index contributed by atoms with van der Waals surface area (Å²) in [5.41, 5.74) is 12.8. The molecule has 6 heterocycles. The third kappa shape index (κ3) is 34.9. The Morgan fingerprint density at radius 3 is 0.939 bits per heavy atom. The molecule has 12 aromatic rings. The number of hydrogen-bond acceptors (Lipinski definition) is 18. The molecule has 26 nitrogen and oxygen atoms in total. The summed E-state index contributed by atoms with van der Waals surface area (Å²) in [6, 6.07) is 43.3. The van der Waals surface area contributed by atoms with Crippen LogP contribution in [0.15, 0.2) is 158 Å². The number of aromatic nitrogens is 8. The van der Waals surface area contributed by atoms with E-state index in [1.54, 1.807) is 43.9 Å². The minimum Gasteiger partial charge on any atom is -0.379 e. The van der Waals surface area contributed by atoms with E-state index in [1.165, 1.54) is 35.4 Å². The summed E-state index contributed by atoms with van der Waals surface area (Å²) >= 11 is 0. The summed E-state index contributed by atoms with van der Waals surface area (Å²) in [5, 5.41) is 14.2. The average molecular weight is 2050 g/mol. The minimum absolute atomic E-state index is 0.152. The zero-order valence-corrected chi connectivity index (χ0v) is 90.2. The number of benzene rings is 8. The Hall–Kier alpha value is -11.3. The highest BCUT2D eigenvalue weighted by molar-refractivity contribution is 5.96. The number of morpholine rings is 2. The fourth-order valence-electron chi connectivity index (χ4n) is 19.0. The number of rotatable bonds is 54. The molecule has 0 aliphatic carbocycles. The Bertz CT molecular complexity index is 6120. The number of ether oxygens (including phenoxy) is 2. The molecule has 0 unspecified atom stereocenters. The molecule has 0 radical (unpaired) electrons. The van der Waals surface area contributed by atoms with Crippen molar-refractivity contribution >= 4 is 67.8 Å². The van der Waals surface area contributed by atoms with Gasteiger partial charge in [0.1, 0.15) is 58.2 Å². The van der Waals surface area contributed by atoms with Gasteiger partial charge in [-0.2, -0.15) is 0 Å². The fourth-order valence-corrected chi connectivity index (χ4v) is 19.0. The van der Waals surface area contributed by atoms with Crippen LogP contribution in [0.4, 0.5) is 26.3 Å². The van der Waals surface area contributed by atoms with Crippen LogP contribution in [0, 0.1) is 46.7 Å². The zero-order valence-electron chi connectivity index (χ0n) is 90.2. The second-order valence-electron chi connectivity index (χ2n) is 39.3. The molecule has 32 heteroatoms. The lowest BCUT2D eigenvalue weighted by Gasteiger charge is -2.26. The number of carbonyl (C=O) groups is 4. The van der Waals surface area contributed by atoms with Crippen molar-refractivity contribution in [2.24, 2.45) is 11.8 Å². The quantitative estimate of drug-likeness (QED) is 0.0205. The van der Waals surface area contributed by atoms with Crippen molar-refractivity contribution in [1.82, 2.24) is 98.7 Å². The molecule has 0 bridgehead atoms. The molecule has 0 saturated carbocycles. The summed E-state index contributed by atoms with van der Waals surface area (Å²) in [5.74, 6) is -1.25. The number of halogens is 6. The van der Waals surface area contributed by atoms with E-state index in [4.69, 9.17) is 29.4 Å². The van der Waals surface area contributed by atoms with Crippen molar-refractivity contribution in [2.45, 2.75) is 227 Å². The highest BCUT2D eigenvalue weighted by Crippen LogP contribution is 2.29. The van der Waals surface area contributed by atoms with Gasteiger partial charge in [0.15, 0.2) is 0 Å². The predicted molar refractivity (Wildman–Crippen MR) is 581 cm³/mol. The van der Waals surface area contributed by atoms with E-state index in [1.807, 2.05) is 27.7 Å². The van der Waals surface area contributed by atoms with Crippen LogP contribution >= 0.6 is 0 Å². The van der Waals surface area contributed by atoms with Gasteiger partial charge in [-0.05, 0) is 259 Å². The van der Waals surface area contributed by atoms with Crippen LogP contribution in [0.2, 0.25) is 0 Å². The van der Waals surface area contributed by atoms with E-state index >= 15 is 0 Å².